The zero-order valence-corrected chi connectivity index (χ0v) is 14.0. The van der Waals surface area contributed by atoms with Crippen molar-refractivity contribution in [3.8, 4) is 0 Å². The van der Waals surface area contributed by atoms with Crippen LogP contribution < -0.4 is 9.62 Å². The number of allylic oxidation sites excluding steroid dienone is 1. The SMILES string of the molecule is CN(c1ccc2c(c1)C1C=CC=NC1N2)S(=O)(=O)c1cccs1. The fraction of sp³-hybridized carbons (Fsp3) is 0.188. The lowest BCUT2D eigenvalue weighted by molar-refractivity contribution is 0.596. The molecule has 0 bridgehead atoms. The van der Waals surface area contributed by atoms with Crippen molar-refractivity contribution in [2.75, 3.05) is 16.7 Å². The summed E-state index contributed by atoms with van der Waals surface area (Å²) in [7, 11) is -1.92. The van der Waals surface area contributed by atoms with Gasteiger partial charge >= 0.3 is 0 Å². The average molecular weight is 345 g/mol. The Kier molecular flexibility index (Phi) is 3.28. The number of aliphatic imine (C=N–C) groups is 1. The van der Waals surface area contributed by atoms with E-state index < -0.39 is 10.0 Å². The minimum absolute atomic E-state index is 0.00413. The third-order valence-corrected chi connectivity index (χ3v) is 7.32. The molecule has 23 heavy (non-hydrogen) atoms. The number of anilines is 2. The minimum Gasteiger partial charge on any atom is -0.363 e. The molecule has 0 spiro atoms. The molecule has 7 heteroatoms. The molecule has 2 aromatic rings. The van der Waals surface area contributed by atoms with Crippen LogP contribution in [0.5, 0.6) is 0 Å². The third-order valence-electron chi connectivity index (χ3n) is 4.16. The Morgan fingerprint density at radius 2 is 2.17 bits per heavy atom. The Balaban J connectivity index is 1.72. The quantitative estimate of drug-likeness (QED) is 0.930. The van der Waals surface area contributed by atoms with Crippen LogP contribution in [0.25, 0.3) is 0 Å². The van der Waals surface area contributed by atoms with E-state index in [0.29, 0.717) is 9.90 Å². The number of benzene rings is 1. The van der Waals surface area contributed by atoms with Crippen LogP contribution in [0.4, 0.5) is 11.4 Å². The summed E-state index contributed by atoms with van der Waals surface area (Å²) in [5, 5.41) is 5.12. The third kappa shape index (κ3) is 2.27. The molecule has 2 unspecified atom stereocenters. The Morgan fingerprint density at radius 1 is 1.30 bits per heavy atom. The van der Waals surface area contributed by atoms with Crippen LogP contribution >= 0.6 is 11.3 Å². The van der Waals surface area contributed by atoms with Gasteiger partial charge in [-0.15, -0.1) is 11.3 Å². The lowest BCUT2D eigenvalue weighted by Gasteiger charge is -2.20. The van der Waals surface area contributed by atoms with Gasteiger partial charge in [0.2, 0.25) is 0 Å². The Hall–Kier alpha value is -2.12. The van der Waals surface area contributed by atoms with Gasteiger partial charge in [0, 0.05) is 24.9 Å². The molecule has 4 rings (SSSR count). The van der Waals surface area contributed by atoms with Gasteiger partial charge < -0.3 is 5.32 Å². The molecule has 2 atom stereocenters. The Bertz CT molecular complexity index is 901. The Morgan fingerprint density at radius 3 is 2.96 bits per heavy atom. The zero-order valence-electron chi connectivity index (χ0n) is 12.4. The maximum absolute atomic E-state index is 12.7. The van der Waals surface area contributed by atoms with Crippen molar-refractivity contribution < 1.29 is 8.42 Å². The van der Waals surface area contributed by atoms with Gasteiger partial charge in [-0.2, -0.15) is 0 Å². The van der Waals surface area contributed by atoms with Gasteiger partial charge in [-0.05, 0) is 41.3 Å². The number of dihydropyridines is 1. The summed E-state index contributed by atoms with van der Waals surface area (Å²) in [6.45, 7) is 0. The molecule has 0 saturated heterocycles. The van der Waals surface area contributed by atoms with Gasteiger partial charge in [-0.1, -0.05) is 12.1 Å². The Labute approximate surface area is 139 Å². The molecular weight excluding hydrogens is 330 g/mol. The second-order valence-electron chi connectivity index (χ2n) is 5.47. The average Bonchev–Trinajstić information content (AvgIpc) is 3.21. The lowest BCUT2D eigenvalue weighted by atomic mass is 9.97. The predicted molar refractivity (Wildman–Crippen MR) is 94.1 cm³/mol. The van der Waals surface area contributed by atoms with E-state index in [0.717, 1.165) is 11.3 Å². The van der Waals surface area contributed by atoms with Crippen LogP contribution in [0.2, 0.25) is 0 Å². The monoisotopic (exact) mass is 345 g/mol. The van der Waals surface area contributed by atoms with Crippen molar-refractivity contribution in [3.05, 3.63) is 53.4 Å². The number of nitrogens with one attached hydrogen (secondary N) is 1. The first-order valence-electron chi connectivity index (χ1n) is 7.20. The molecule has 0 aliphatic carbocycles. The fourth-order valence-electron chi connectivity index (χ4n) is 2.91. The molecule has 0 fully saturated rings. The number of hydrogen-bond donors (Lipinski definition) is 1. The summed E-state index contributed by atoms with van der Waals surface area (Å²) < 4.78 is 27.0. The molecule has 1 aromatic carbocycles. The summed E-state index contributed by atoms with van der Waals surface area (Å²) in [6, 6.07) is 9.05. The van der Waals surface area contributed by atoms with Crippen LogP contribution in [0.15, 0.2) is 57.1 Å². The second-order valence-corrected chi connectivity index (χ2v) is 8.62. The summed E-state index contributed by atoms with van der Waals surface area (Å²) in [6.07, 6.45) is 5.81. The van der Waals surface area contributed by atoms with Gasteiger partial charge in [0.25, 0.3) is 10.0 Å². The van der Waals surface area contributed by atoms with E-state index in [1.165, 1.54) is 15.6 Å². The van der Waals surface area contributed by atoms with Crippen molar-refractivity contribution >= 4 is 38.9 Å². The molecule has 5 nitrogen and oxygen atoms in total. The first-order valence-corrected chi connectivity index (χ1v) is 9.52. The van der Waals surface area contributed by atoms with Crippen LogP contribution in [-0.2, 0) is 10.0 Å². The molecule has 1 aromatic heterocycles. The van der Waals surface area contributed by atoms with E-state index in [9.17, 15) is 8.42 Å². The number of sulfonamides is 1. The van der Waals surface area contributed by atoms with Gasteiger partial charge in [0.15, 0.2) is 0 Å². The molecule has 0 amide bonds. The van der Waals surface area contributed by atoms with Crippen molar-refractivity contribution in [1.82, 2.24) is 0 Å². The van der Waals surface area contributed by atoms with Crippen LogP contribution in [0.3, 0.4) is 0 Å². The highest BCUT2D eigenvalue weighted by Crippen LogP contribution is 2.41. The van der Waals surface area contributed by atoms with Gasteiger partial charge in [-0.3, -0.25) is 9.30 Å². The molecule has 0 saturated carbocycles. The molecule has 2 aliphatic heterocycles. The first kappa shape index (κ1) is 14.5. The lowest BCUT2D eigenvalue weighted by Crippen LogP contribution is -2.25. The highest BCUT2D eigenvalue weighted by atomic mass is 32.2. The van der Waals surface area contributed by atoms with Crippen LogP contribution in [0, 0.1) is 0 Å². The van der Waals surface area contributed by atoms with Crippen molar-refractivity contribution in [3.63, 3.8) is 0 Å². The zero-order chi connectivity index (χ0) is 16.0. The number of hydrogen-bond acceptors (Lipinski definition) is 5. The van der Waals surface area contributed by atoms with E-state index in [1.54, 1.807) is 30.8 Å². The summed E-state index contributed by atoms with van der Waals surface area (Å²) in [5.41, 5.74) is 2.74. The number of rotatable bonds is 3. The molecule has 118 valence electrons. The van der Waals surface area contributed by atoms with Gasteiger partial charge in [-0.25, -0.2) is 8.42 Å². The molecule has 1 N–H and O–H groups in total. The molecule has 3 heterocycles. The maximum atomic E-state index is 12.7. The summed E-state index contributed by atoms with van der Waals surface area (Å²) in [4.78, 5) is 4.42. The summed E-state index contributed by atoms with van der Waals surface area (Å²) in [5.74, 6) is 0.146. The van der Waals surface area contributed by atoms with Gasteiger partial charge in [0.05, 0.1) is 5.69 Å². The maximum Gasteiger partial charge on any atom is 0.273 e. The standard InChI is InChI=1S/C16H15N3O2S2/c1-19(23(20,21)15-5-3-9-22-15)11-6-7-14-13(10-11)12-4-2-8-17-16(12)18-14/h2-10,12,16,18H,1H3. The van der Waals surface area contributed by atoms with Crippen molar-refractivity contribution in [2.24, 2.45) is 4.99 Å². The number of fused-ring (bicyclic) bond motifs is 3. The topological polar surface area (TPSA) is 61.8 Å². The number of nitrogens with zero attached hydrogens (tertiary/aromatic N) is 2. The largest absolute Gasteiger partial charge is 0.363 e. The first-order chi connectivity index (χ1) is 11.1. The van der Waals surface area contributed by atoms with E-state index in [1.807, 2.05) is 24.3 Å². The van der Waals surface area contributed by atoms with E-state index in [4.69, 9.17) is 0 Å². The fourth-order valence-corrected chi connectivity index (χ4v) is 5.26. The molecule has 0 radical (unpaired) electrons. The van der Waals surface area contributed by atoms with Crippen molar-refractivity contribution in [2.45, 2.75) is 16.3 Å². The minimum atomic E-state index is -3.51. The van der Waals surface area contributed by atoms with Crippen LogP contribution in [-0.4, -0.2) is 27.8 Å². The summed E-state index contributed by atoms with van der Waals surface area (Å²) >= 11 is 1.22. The van der Waals surface area contributed by atoms with Crippen LogP contribution in [0.1, 0.15) is 11.5 Å². The van der Waals surface area contributed by atoms with E-state index in [2.05, 4.69) is 16.4 Å². The molecular formula is C16H15N3O2S2. The van der Waals surface area contributed by atoms with E-state index >= 15 is 0 Å². The smallest absolute Gasteiger partial charge is 0.273 e. The highest BCUT2D eigenvalue weighted by molar-refractivity contribution is 7.94. The van der Waals surface area contributed by atoms with Gasteiger partial charge in [0.1, 0.15) is 10.4 Å². The number of thiophene rings is 1. The van der Waals surface area contributed by atoms with Crippen molar-refractivity contribution in [1.29, 1.82) is 0 Å². The second kappa shape index (κ2) is 5.21. The molecule has 2 aliphatic rings. The normalized spacial score (nSPS) is 21.6. The highest BCUT2D eigenvalue weighted by Gasteiger charge is 2.32. The van der Waals surface area contributed by atoms with E-state index in [-0.39, 0.29) is 12.1 Å². The predicted octanol–water partition coefficient (Wildman–Crippen LogP) is 3.05.